The molecule has 0 spiro atoms. The van der Waals surface area contributed by atoms with Crippen molar-refractivity contribution in [3.63, 3.8) is 0 Å². The van der Waals surface area contributed by atoms with Gasteiger partial charge in [-0.1, -0.05) is 13.0 Å². The number of benzene rings is 1. The van der Waals surface area contributed by atoms with Crippen molar-refractivity contribution in [3.8, 4) is 0 Å². The van der Waals surface area contributed by atoms with Crippen LogP contribution >= 0.6 is 0 Å². The van der Waals surface area contributed by atoms with Crippen molar-refractivity contribution in [2.24, 2.45) is 0 Å². The third-order valence-electron chi connectivity index (χ3n) is 3.32. The zero-order valence-electron chi connectivity index (χ0n) is 11.9. The molecule has 4 heteroatoms. The first-order valence-electron chi connectivity index (χ1n) is 6.93. The molecular formula is C16H20F2N2. The van der Waals surface area contributed by atoms with Crippen LogP contribution in [0.15, 0.2) is 36.7 Å². The minimum Gasteiger partial charge on any atom is -0.350 e. The van der Waals surface area contributed by atoms with Gasteiger partial charge in [-0.2, -0.15) is 0 Å². The summed E-state index contributed by atoms with van der Waals surface area (Å²) in [5.74, 6) is -1.60. The molecule has 1 aromatic carbocycles. The fourth-order valence-corrected chi connectivity index (χ4v) is 2.14. The molecule has 2 rings (SSSR count). The Morgan fingerprint density at radius 2 is 2.00 bits per heavy atom. The molecule has 0 aliphatic heterocycles. The molecule has 0 amide bonds. The third kappa shape index (κ3) is 3.67. The van der Waals surface area contributed by atoms with Crippen LogP contribution in [0.2, 0.25) is 0 Å². The maximum Gasteiger partial charge on any atom is 0.159 e. The average Bonchev–Trinajstić information content (AvgIpc) is 2.89. The van der Waals surface area contributed by atoms with Gasteiger partial charge in [-0.25, -0.2) is 8.78 Å². The van der Waals surface area contributed by atoms with Crippen LogP contribution in [-0.4, -0.2) is 11.1 Å². The molecule has 1 atom stereocenters. The number of rotatable bonds is 6. The van der Waals surface area contributed by atoms with Crippen LogP contribution in [-0.2, 0) is 6.54 Å². The molecule has 1 unspecified atom stereocenters. The van der Waals surface area contributed by atoms with Crippen molar-refractivity contribution in [2.45, 2.75) is 32.9 Å². The summed E-state index contributed by atoms with van der Waals surface area (Å²) >= 11 is 0. The van der Waals surface area contributed by atoms with Crippen LogP contribution in [0.1, 0.15) is 37.4 Å². The molecule has 0 saturated carbocycles. The number of halogens is 2. The number of hydrogen-bond acceptors (Lipinski definition) is 1. The Morgan fingerprint density at radius 3 is 2.70 bits per heavy atom. The maximum atomic E-state index is 13.2. The Labute approximate surface area is 118 Å². The second-order valence-electron chi connectivity index (χ2n) is 5.04. The highest BCUT2D eigenvalue weighted by Gasteiger charge is 2.07. The van der Waals surface area contributed by atoms with Crippen LogP contribution in [0.5, 0.6) is 0 Å². The number of nitrogens with one attached hydrogen (secondary N) is 1. The van der Waals surface area contributed by atoms with Gasteiger partial charge in [0, 0.05) is 25.0 Å². The van der Waals surface area contributed by atoms with Crippen LogP contribution in [0.4, 0.5) is 8.78 Å². The van der Waals surface area contributed by atoms with Crippen LogP contribution < -0.4 is 5.32 Å². The van der Waals surface area contributed by atoms with E-state index in [1.54, 1.807) is 6.07 Å². The Kier molecular flexibility index (Phi) is 4.90. The van der Waals surface area contributed by atoms with E-state index in [1.165, 1.54) is 17.7 Å². The SMILES string of the molecule is CCCNC(C)c1ccn(Cc2ccc(F)c(F)c2)c1. The summed E-state index contributed by atoms with van der Waals surface area (Å²) in [5, 5.41) is 3.42. The van der Waals surface area contributed by atoms with Gasteiger partial charge in [0.2, 0.25) is 0 Å². The molecule has 0 fully saturated rings. The summed E-state index contributed by atoms with van der Waals surface area (Å²) in [5.41, 5.74) is 1.95. The minimum atomic E-state index is -0.806. The van der Waals surface area contributed by atoms with Gasteiger partial charge in [-0.15, -0.1) is 0 Å². The van der Waals surface area contributed by atoms with Crippen LogP contribution in [0.3, 0.4) is 0 Å². The average molecular weight is 278 g/mol. The van der Waals surface area contributed by atoms with Crippen LogP contribution in [0, 0.1) is 11.6 Å². The van der Waals surface area contributed by atoms with Crippen molar-refractivity contribution in [1.29, 1.82) is 0 Å². The molecule has 0 radical (unpaired) electrons. The quantitative estimate of drug-likeness (QED) is 0.848. The van der Waals surface area contributed by atoms with Gasteiger partial charge in [0.25, 0.3) is 0 Å². The maximum absolute atomic E-state index is 13.2. The van der Waals surface area contributed by atoms with Crippen molar-refractivity contribution < 1.29 is 8.78 Å². The fraction of sp³-hybridized carbons (Fsp3) is 0.375. The molecule has 1 N–H and O–H groups in total. The first-order chi connectivity index (χ1) is 9.60. The normalized spacial score (nSPS) is 12.6. The van der Waals surface area contributed by atoms with Gasteiger partial charge in [0.15, 0.2) is 11.6 Å². The zero-order chi connectivity index (χ0) is 14.5. The second-order valence-corrected chi connectivity index (χ2v) is 5.04. The Hall–Kier alpha value is -1.68. The molecule has 20 heavy (non-hydrogen) atoms. The molecular weight excluding hydrogens is 258 g/mol. The van der Waals surface area contributed by atoms with E-state index in [0.717, 1.165) is 18.5 Å². The number of nitrogens with zero attached hydrogens (tertiary/aromatic N) is 1. The summed E-state index contributed by atoms with van der Waals surface area (Å²) in [6.45, 7) is 5.77. The van der Waals surface area contributed by atoms with E-state index in [4.69, 9.17) is 0 Å². The predicted molar refractivity (Wildman–Crippen MR) is 76.6 cm³/mol. The lowest BCUT2D eigenvalue weighted by atomic mass is 10.2. The molecule has 0 saturated heterocycles. The summed E-state index contributed by atoms with van der Waals surface area (Å²) < 4.78 is 28.0. The molecule has 2 aromatic rings. The predicted octanol–water partition coefficient (Wildman–Crippen LogP) is 3.88. The van der Waals surface area contributed by atoms with Crippen molar-refractivity contribution >= 4 is 0 Å². The highest BCUT2D eigenvalue weighted by molar-refractivity contribution is 5.20. The third-order valence-corrected chi connectivity index (χ3v) is 3.32. The largest absolute Gasteiger partial charge is 0.350 e. The number of aromatic nitrogens is 1. The number of hydrogen-bond donors (Lipinski definition) is 1. The standard InChI is InChI=1S/C16H20F2N2/c1-3-7-19-12(2)14-6-8-20(11-14)10-13-4-5-15(17)16(18)9-13/h4-6,8-9,11-12,19H,3,7,10H2,1-2H3. The fourth-order valence-electron chi connectivity index (χ4n) is 2.14. The molecule has 0 bridgehead atoms. The first-order valence-corrected chi connectivity index (χ1v) is 6.93. The molecule has 0 aliphatic rings. The van der Waals surface area contributed by atoms with Gasteiger partial charge in [0.05, 0.1) is 0 Å². The zero-order valence-corrected chi connectivity index (χ0v) is 11.9. The van der Waals surface area contributed by atoms with E-state index in [2.05, 4.69) is 19.2 Å². The molecule has 108 valence electrons. The van der Waals surface area contributed by atoms with E-state index < -0.39 is 11.6 Å². The summed E-state index contributed by atoms with van der Waals surface area (Å²) in [7, 11) is 0. The lowest BCUT2D eigenvalue weighted by Gasteiger charge is -2.11. The smallest absolute Gasteiger partial charge is 0.159 e. The molecule has 1 aromatic heterocycles. The molecule has 2 nitrogen and oxygen atoms in total. The topological polar surface area (TPSA) is 17.0 Å². The van der Waals surface area contributed by atoms with Gasteiger partial charge < -0.3 is 9.88 Å². The van der Waals surface area contributed by atoms with Crippen molar-refractivity contribution in [2.75, 3.05) is 6.54 Å². The van der Waals surface area contributed by atoms with E-state index in [-0.39, 0.29) is 0 Å². The highest BCUT2D eigenvalue weighted by Crippen LogP contribution is 2.15. The van der Waals surface area contributed by atoms with E-state index in [0.29, 0.717) is 12.6 Å². The van der Waals surface area contributed by atoms with Gasteiger partial charge in [-0.3, -0.25) is 0 Å². The summed E-state index contributed by atoms with van der Waals surface area (Å²) in [6.07, 6.45) is 5.09. The Balaban J connectivity index is 2.03. The lowest BCUT2D eigenvalue weighted by Crippen LogP contribution is -2.18. The Morgan fingerprint density at radius 1 is 1.20 bits per heavy atom. The van der Waals surface area contributed by atoms with E-state index in [9.17, 15) is 8.78 Å². The molecule has 0 aliphatic carbocycles. The van der Waals surface area contributed by atoms with Crippen LogP contribution in [0.25, 0.3) is 0 Å². The Bertz CT molecular complexity index is 563. The first kappa shape index (κ1) is 14.7. The summed E-state index contributed by atoms with van der Waals surface area (Å²) in [4.78, 5) is 0. The monoisotopic (exact) mass is 278 g/mol. The minimum absolute atomic E-state index is 0.293. The summed E-state index contributed by atoms with van der Waals surface area (Å²) in [6, 6.07) is 6.36. The van der Waals surface area contributed by atoms with Gasteiger partial charge in [-0.05, 0) is 49.2 Å². The van der Waals surface area contributed by atoms with Crippen molar-refractivity contribution in [1.82, 2.24) is 9.88 Å². The lowest BCUT2D eigenvalue weighted by molar-refractivity contribution is 0.506. The van der Waals surface area contributed by atoms with E-state index in [1.807, 2.05) is 23.0 Å². The van der Waals surface area contributed by atoms with Crippen molar-refractivity contribution in [3.05, 3.63) is 59.4 Å². The second kappa shape index (κ2) is 6.66. The van der Waals surface area contributed by atoms with E-state index >= 15 is 0 Å². The molecule has 1 heterocycles. The highest BCUT2D eigenvalue weighted by atomic mass is 19.2. The van der Waals surface area contributed by atoms with Gasteiger partial charge in [0.1, 0.15) is 0 Å². The van der Waals surface area contributed by atoms with Gasteiger partial charge >= 0.3 is 0 Å².